The lowest BCUT2D eigenvalue weighted by Gasteiger charge is -2.15. The number of benzene rings is 1. The number of furan rings is 1. The number of amides is 2. The second kappa shape index (κ2) is 16.2. The van der Waals surface area contributed by atoms with Crippen LogP contribution in [0.2, 0.25) is 0 Å². The van der Waals surface area contributed by atoms with E-state index in [4.69, 9.17) is 9.15 Å². The van der Waals surface area contributed by atoms with Crippen LogP contribution in [0.5, 0.6) is 5.75 Å². The fourth-order valence-electron chi connectivity index (χ4n) is 3.99. The molecule has 0 spiro atoms. The van der Waals surface area contributed by atoms with Crippen LogP contribution in [0.3, 0.4) is 0 Å². The molecule has 0 atom stereocenters. The average Bonchev–Trinajstić information content (AvgIpc) is 3.54. The molecule has 2 heterocycles. The Hall–Kier alpha value is -2.75. The highest BCUT2D eigenvalue weighted by molar-refractivity contribution is 7.98. The minimum absolute atomic E-state index is 0.279. The molecule has 1 aromatic carbocycles. The standard InChI is InChI=1S/C28H40N4O4S/c1-31(2)21-25-9-10-26(36-25)22-37-18-14-30-28(34)12-11-27(33)29-13-6-17-35-24-8-5-7-23(19-24)20-32-15-3-4-16-32/h5,7-12,19H,3-4,6,13-18,20-22H2,1-2H3,(H,29,33)(H,30,34). The van der Waals surface area contributed by atoms with Crippen molar-refractivity contribution in [2.45, 2.75) is 38.1 Å². The molecule has 9 heteroatoms. The molecule has 0 saturated carbocycles. The number of carbonyl (C=O) groups excluding carboxylic acids is 2. The highest BCUT2D eigenvalue weighted by Crippen LogP contribution is 2.18. The van der Waals surface area contributed by atoms with Crippen molar-refractivity contribution in [1.82, 2.24) is 20.4 Å². The van der Waals surface area contributed by atoms with E-state index in [-0.39, 0.29) is 11.8 Å². The van der Waals surface area contributed by atoms with Gasteiger partial charge in [-0.1, -0.05) is 12.1 Å². The Kier molecular flexibility index (Phi) is 12.6. The first-order valence-electron chi connectivity index (χ1n) is 13.0. The number of ether oxygens (including phenoxy) is 1. The Morgan fingerprint density at radius 2 is 1.78 bits per heavy atom. The van der Waals surface area contributed by atoms with Crippen LogP contribution >= 0.6 is 11.8 Å². The minimum Gasteiger partial charge on any atom is -0.494 e. The van der Waals surface area contributed by atoms with Gasteiger partial charge in [-0.15, -0.1) is 0 Å². The summed E-state index contributed by atoms with van der Waals surface area (Å²) in [7, 11) is 4.01. The lowest BCUT2D eigenvalue weighted by Crippen LogP contribution is -2.26. The number of rotatable bonds is 16. The van der Waals surface area contributed by atoms with Crippen LogP contribution in [-0.4, -0.2) is 74.2 Å². The second-order valence-corrected chi connectivity index (χ2v) is 10.5. The lowest BCUT2D eigenvalue weighted by molar-refractivity contribution is -0.118. The van der Waals surface area contributed by atoms with E-state index in [1.807, 2.05) is 38.4 Å². The maximum Gasteiger partial charge on any atom is 0.244 e. The molecular weight excluding hydrogens is 488 g/mol. The van der Waals surface area contributed by atoms with Crippen molar-refractivity contribution >= 4 is 23.6 Å². The van der Waals surface area contributed by atoms with Gasteiger partial charge in [0.15, 0.2) is 0 Å². The number of nitrogens with one attached hydrogen (secondary N) is 2. The molecule has 37 heavy (non-hydrogen) atoms. The van der Waals surface area contributed by atoms with Crippen LogP contribution < -0.4 is 15.4 Å². The van der Waals surface area contributed by atoms with Crippen LogP contribution in [0.1, 0.15) is 36.3 Å². The molecule has 1 aliphatic heterocycles. The fourth-order valence-corrected chi connectivity index (χ4v) is 4.74. The van der Waals surface area contributed by atoms with Crippen molar-refractivity contribution in [2.24, 2.45) is 0 Å². The smallest absolute Gasteiger partial charge is 0.244 e. The Labute approximate surface area is 224 Å². The van der Waals surface area contributed by atoms with Crippen LogP contribution in [0.15, 0.2) is 53.0 Å². The van der Waals surface area contributed by atoms with Crippen LogP contribution in [0, 0.1) is 0 Å². The second-order valence-electron chi connectivity index (χ2n) is 9.41. The Morgan fingerprint density at radius 3 is 2.54 bits per heavy atom. The van der Waals surface area contributed by atoms with E-state index in [0.717, 1.165) is 41.9 Å². The van der Waals surface area contributed by atoms with Gasteiger partial charge < -0.3 is 24.7 Å². The zero-order valence-electron chi connectivity index (χ0n) is 22.0. The van der Waals surface area contributed by atoms with E-state index in [1.165, 1.54) is 43.6 Å². The fraction of sp³-hybridized carbons (Fsp3) is 0.500. The molecular formula is C28H40N4O4S. The third-order valence-corrected chi connectivity index (χ3v) is 6.74. The first kappa shape index (κ1) is 28.8. The van der Waals surface area contributed by atoms with Crippen LogP contribution in [0.25, 0.3) is 0 Å². The zero-order valence-corrected chi connectivity index (χ0v) is 22.9. The van der Waals surface area contributed by atoms with Gasteiger partial charge in [-0.2, -0.15) is 11.8 Å². The van der Waals surface area contributed by atoms with E-state index in [2.05, 4.69) is 32.6 Å². The summed E-state index contributed by atoms with van der Waals surface area (Å²) in [5, 5.41) is 5.57. The monoisotopic (exact) mass is 528 g/mol. The van der Waals surface area contributed by atoms with Gasteiger partial charge in [0.2, 0.25) is 11.8 Å². The average molecular weight is 529 g/mol. The van der Waals surface area contributed by atoms with Crippen LogP contribution in [-0.2, 0) is 28.4 Å². The number of carbonyl (C=O) groups is 2. The summed E-state index contributed by atoms with van der Waals surface area (Å²) in [6, 6.07) is 12.2. The van der Waals surface area contributed by atoms with Crippen molar-refractivity contribution in [2.75, 3.05) is 52.6 Å². The summed E-state index contributed by atoms with van der Waals surface area (Å²) in [5.74, 6) is 3.69. The number of likely N-dealkylation sites (tertiary alicyclic amines) is 1. The van der Waals surface area contributed by atoms with Gasteiger partial charge in [-0.3, -0.25) is 14.5 Å². The SMILES string of the molecule is CN(C)Cc1ccc(CSCCNC(=O)C=CC(=O)NCCCOc2cccc(CN3CCCC3)c2)o1. The molecule has 3 rings (SSSR count). The van der Waals surface area contributed by atoms with Gasteiger partial charge in [0.05, 0.1) is 18.9 Å². The number of thioether (sulfide) groups is 1. The van der Waals surface area contributed by atoms with E-state index in [0.29, 0.717) is 26.1 Å². The van der Waals surface area contributed by atoms with E-state index < -0.39 is 0 Å². The Bertz CT molecular complexity index is 1000. The molecule has 2 amide bonds. The van der Waals surface area contributed by atoms with Crippen molar-refractivity contribution < 1.29 is 18.7 Å². The summed E-state index contributed by atoms with van der Waals surface area (Å²) in [6.07, 6.45) is 5.79. The molecule has 2 aromatic rings. The summed E-state index contributed by atoms with van der Waals surface area (Å²) < 4.78 is 11.6. The van der Waals surface area contributed by atoms with Gasteiger partial charge in [0.1, 0.15) is 17.3 Å². The summed E-state index contributed by atoms with van der Waals surface area (Å²) >= 11 is 1.69. The van der Waals surface area contributed by atoms with Crippen molar-refractivity contribution in [3.05, 3.63) is 65.6 Å². The molecule has 2 N–H and O–H groups in total. The van der Waals surface area contributed by atoms with Gasteiger partial charge in [0, 0.05) is 37.5 Å². The topological polar surface area (TPSA) is 87.0 Å². The first-order chi connectivity index (χ1) is 18.0. The zero-order chi connectivity index (χ0) is 26.3. The molecule has 0 unspecified atom stereocenters. The van der Waals surface area contributed by atoms with E-state index in [1.54, 1.807) is 11.8 Å². The molecule has 202 valence electrons. The third kappa shape index (κ3) is 11.9. The molecule has 1 fully saturated rings. The highest BCUT2D eigenvalue weighted by atomic mass is 32.2. The molecule has 0 aliphatic carbocycles. The third-order valence-electron chi connectivity index (χ3n) is 5.76. The number of hydrogen-bond donors (Lipinski definition) is 2. The Balaban J connectivity index is 1.20. The number of nitrogens with zero attached hydrogens (tertiary/aromatic N) is 2. The van der Waals surface area contributed by atoms with Gasteiger partial charge in [-0.25, -0.2) is 0 Å². The summed E-state index contributed by atoms with van der Waals surface area (Å²) in [6.45, 7) is 5.62. The first-order valence-corrected chi connectivity index (χ1v) is 14.1. The molecule has 1 aromatic heterocycles. The summed E-state index contributed by atoms with van der Waals surface area (Å²) in [4.78, 5) is 28.4. The Morgan fingerprint density at radius 1 is 1.05 bits per heavy atom. The highest BCUT2D eigenvalue weighted by Gasteiger charge is 2.12. The van der Waals surface area contributed by atoms with Crippen LogP contribution in [0.4, 0.5) is 0 Å². The van der Waals surface area contributed by atoms with Crippen molar-refractivity contribution in [3.63, 3.8) is 0 Å². The lowest BCUT2D eigenvalue weighted by atomic mass is 10.2. The van der Waals surface area contributed by atoms with E-state index >= 15 is 0 Å². The summed E-state index contributed by atoms with van der Waals surface area (Å²) in [5.41, 5.74) is 1.27. The van der Waals surface area contributed by atoms with Crippen molar-refractivity contribution in [1.29, 1.82) is 0 Å². The maximum absolute atomic E-state index is 12.0. The molecule has 8 nitrogen and oxygen atoms in total. The minimum atomic E-state index is -0.288. The maximum atomic E-state index is 12.0. The number of hydrogen-bond acceptors (Lipinski definition) is 7. The van der Waals surface area contributed by atoms with Gasteiger partial charge in [0.25, 0.3) is 0 Å². The van der Waals surface area contributed by atoms with Crippen molar-refractivity contribution in [3.8, 4) is 5.75 Å². The molecule has 0 bridgehead atoms. The molecule has 0 radical (unpaired) electrons. The van der Waals surface area contributed by atoms with Gasteiger partial charge in [-0.05, 0) is 76.3 Å². The quantitative estimate of drug-likeness (QED) is 0.255. The van der Waals surface area contributed by atoms with E-state index in [9.17, 15) is 9.59 Å². The van der Waals surface area contributed by atoms with Gasteiger partial charge >= 0.3 is 0 Å². The normalized spacial score (nSPS) is 13.9. The largest absolute Gasteiger partial charge is 0.494 e. The molecule has 1 saturated heterocycles. The molecule has 1 aliphatic rings. The predicted octanol–water partition coefficient (Wildman–Crippen LogP) is 3.43. The predicted molar refractivity (Wildman–Crippen MR) is 148 cm³/mol.